The summed E-state index contributed by atoms with van der Waals surface area (Å²) in [6.07, 6.45) is 0.885. The number of carbonyl (C=O) groups is 2. The van der Waals surface area contributed by atoms with Crippen molar-refractivity contribution >= 4 is 27.5 Å². The molecule has 0 bridgehead atoms. The number of Topliss-reactive ketones (excluding diaryl/α,β-unsaturated/α-hetero) is 2. The van der Waals surface area contributed by atoms with Crippen LogP contribution in [0.5, 0.6) is 0 Å². The van der Waals surface area contributed by atoms with E-state index in [1.165, 1.54) is 6.92 Å². The molecule has 1 atom stereocenters. The molecule has 0 aliphatic heterocycles. The van der Waals surface area contributed by atoms with Gasteiger partial charge in [-0.05, 0) is 50.5 Å². The fourth-order valence-corrected chi connectivity index (χ4v) is 3.32. The number of ketones is 2. The molecule has 0 aliphatic rings. The minimum absolute atomic E-state index is 0.0189. The largest absolute Gasteiger partial charge is 0.355 e. The highest BCUT2D eigenvalue weighted by atomic mass is 79.9. The zero-order valence-electron chi connectivity index (χ0n) is 14.5. The Hall–Kier alpha value is -1.72. The zero-order valence-corrected chi connectivity index (χ0v) is 16.1. The van der Waals surface area contributed by atoms with Crippen molar-refractivity contribution in [1.29, 1.82) is 0 Å². The van der Waals surface area contributed by atoms with Gasteiger partial charge in [0.15, 0.2) is 11.6 Å². The summed E-state index contributed by atoms with van der Waals surface area (Å²) in [6.45, 7) is 7.48. The van der Waals surface area contributed by atoms with E-state index in [9.17, 15) is 9.59 Å². The van der Waals surface area contributed by atoms with E-state index >= 15 is 0 Å². The molecule has 2 N–H and O–H groups in total. The lowest BCUT2D eigenvalue weighted by atomic mass is 10.0. The number of hydrogen-bond acceptors (Lipinski definition) is 3. The van der Waals surface area contributed by atoms with Gasteiger partial charge in [0.2, 0.25) is 0 Å². The summed E-state index contributed by atoms with van der Waals surface area (Å²) >= 11 is 3.43. The summed E-state index contributed by atoms with van der Waals surface area (Å²) < 4.78 is 1.03. The smallest absolute Gasteiger partial charge is 0.193 e. The molecule has 5 heteroatoms. The maximum atomic E-state index is 12.5. The SMILES string of the molecule is CC[C@@H](NCC(=O)c1[nH]c(C)c(C(C)=O)c1C)c1ccc(Br)cc1. The van der Waals surface area contributed by atoms with Crippen molar-refractivity contribution in [2.45, 2.75) is 40.2 Å². The lowest BCUT2D eigenvalue weighted by molar-refractivity contribution is 0.0981. The maximum Gasteiger partial charge on any atom is 0.193 e. The van der Waals surface area contributed by atoms with Crippen LogP contribution in [0.25, 0.3) is 0 Å². The van der Waals surface area contributed by atoms with E-state index in [1.807, 2.05) is 38.1 Å². The van der Waals surface area contributed by atoms with Gasteiger partial charge >= 0.3 is 0 Å². The van der Waals surface area contributed by atoms with Crippen LogP contribution in [0, 0.1) is 13.8 Å². The Morgan fingerprint density at radius 2 is 1.83 bits per heavy atom. The number of aryl methyl sites for hydroxylation is 1. The third-order valence-electron chi connectivity index (χ3n) is 4.26. The van der Waals surface area contributed by atoms with E-state index in [4.69, 9.17) is 0 Å². The van der Waals surface area contributed by atoms with Gasteiger partial charge in [-0.2, -0.15) is 0 Å². The summed E-state index contributed by atoms with van der Waals surface area (Å²) in [7, 11) is 0. The summed E-state index contributed by atoms with van der Waals surface area (Å²) in [5.74, 6) is -0.0479. The normalized spacial score (nSPS) is 12.2. The number of aromatic nitrogens is 1. The fourth-order valence-electron chi connectivity index (χ4n) is 3.05. The molecule has 1 heterocycles. The molecule has 0 saturated heterocycles. The summed E-state index contributed by atoms with van der Waals surface area (Å²) in [5.41, 5.74) is 3.79. The second-order valence-corrected chi connectivity index (χ2v) is 6.91. The third kappa shape index (κ3) is 4.02. The number of rotatable bonds is 7. The lowest BCUT2D eigenvalue weighted by Gasteiger charge is -2.17. The topological polar surface area (TPSA) is 62.0 Å². The molecule has 0 unspecified atom stereocenters. The van der Waals surface area contributed by atoms with Crippen LogP contribution in [0.4, 0.5) is 0 Å². The highest BCUT2D eigenvalue weighted by Crippen LogP contribution is 2.21. The molecule has 1 aromatic heterocycles. The molecule has 0 radical (unpaired) electrons. The van der Waals surface area contributed by atoms with Crippen LogP contribution in [0.15, 0.2) is 28.7 Å². The van der Waals surface area contributed by atoms with Gasteiger partial charge in [-0.3, -0.25) is 9.59 Å². The number of nitrogens with one attached hydrogen (secondary N) is 2. The van der Waals surface area contributed by atoms with Crippen LogP contribution < -0.4 is 5.32 Å². The highest BCUT2D eigenvalue weighted by Gasteiger charge is 2.20. The Bertz CT molecular complexity index is 747. The van der Waals surface area contributed by atoms with Gasteiger partial charge in [0.05, 0.1) is 12.2 Å². The predicted molar refractivity (Wildman–Crippen MR) is 99.8 cm³/mol. The van der Waals surface area contributed by atoms with Crippen LogP contribution in [0.1, 0.15) is 64.0 Å². The van der Waals surface area contributed by atoms with Crippen molar-refractivity contribution in [3.63, 3.8) is 0 Å². The van der Waals surface area contributed by atoms with E-state index in [0.29, 0.717) is 11.3 Å². The second kappa shape index (κ2) is 7.90. The van der Waals surface area contributed by atoms with E-state index in [-0.39, 0.29) is 24.2 Å². The van der Waals surface area contributed by atoms with Crippen LogP contribution in [-0.2, 0) is 0 Å². The number of hydrogen-bond donors (Lipinski definition) is 2. The molecule has 128 valence electrons. The van der Waals surface area contributed by atoms with Crippen LogP contribution in [0.3, 0.4) is 0 Å². The zero-order chi connectivity index (χ0) is 17.9. The first kappa shape index (κ1) is 18.6. The third-order valence-corrected chi connectivity index (χ3v) is 4.79. The predicted octanol–water partition coefficient (Wildman–Crippen LogP) is 4.52. The molecular weight excluding hydrogens is 368 g/mol. The summed E-state index contributed by atoms with van der Waals surface area (Å²) in [4.78, 5) is 27.3. The van der Waals surface area contributed by atoms with Gasteiger partial charge in [0.25, 0.3) is 0 Å². The van der Waals surface area contributed by atoms with Crippen molar-refractivity contribution in [3.8, 4) is 0 Å². The van der Waals surface area contributed by atoms with Crippen LogP contribution >= 0.6 is 15.9 Å². The van der Waals surface area contributed by atoms with Gasteiger partial charge < -0.3 is 10.3 Å². The van der Waals surface area contributed by atoms with Crippen LogP contribution in [-0.4, -0.2) is 23.1 Å². The monoisotopic (exact) mass is 390 g/mol. The van der Waals surface area contributed by atoms with E-state index < -0.39 is 0 Å². The Morgan fingerprint density at radius 3 is 2.33 bits per heavy atom. The van der Waals surface area contributed by atoms with Gasteiger partial charge in [0.1, 0.15) is 0 Å². The molecule has 0 saturated carbocycles. The van der Waals surface area contributed by atoms with Crippen molar-refractivity contribution in [3.05, 3.63) is 56.8 Å². The number of halogens is 1. The van der Waals surface area contributed by atoms with Gasteiger partial charge in [-0.15, -0.1) is 0 Å². The molecule has 0 spiro atoms. The highest BCUT2D eigenvalue weighted by molar-refractivity contribution is 9.10. The minimum Gasteiger partial charge on any atom is -0.355 e. The van der Waals surface area contributed by atoms with E-state index in [0.717, 1.165) is 27.7 Å². The Kier molecular flexibility index (Phi) is 6.13. The molecule has 1 aromatic carbocycles. The molecule has 24 heavy (non-hydrogen) atoms. The number of benzene rings is 1. The van der Waals surface area contributed by atoms with Crippen molar-refractivity contribution < 1.29 is 9.59 Å². The van der Waals surface area contributed by atoms with Crippen LogP contribution in [0.2, 0.25) is 0 Å². The standard InChI is InChI=1S/C19H23BrN2O2/c1-5-16(14-6-8-15(20)9-7-14)21-10-17(24)19-11(2)18(13(4)23)12(3)22-19/h6-9,16,21-22H,5,10H2,1-4H3/t16-/m1/s1. The average Bonchev–Trinajstić information content (AvgIpc) is 2.84. The molecule has 2 aromatic rings. The number of carbonyl (C=O) groups excluding carboxylic acids is 2. The summed E-state index contributed by atoms with van der Waals surface area (Å²) in [5, 5.41) is 3.32. The lowest BCUT2D eigenvalue weighted by Crippen LogP contribution is -2.28. The van der Waals surface area contributed by atoms with Gasteiger partial charge in [-0.1, -0.05) is 35.0 Å². The molecule has 4 nitrogen and oxygen atoms in total. The minimum atomic E-state index is -0.0290. The van der Waals surface area contributed by atoms with Crippen molar-refractivity contribution in [2.75, 3.05) is 6.54 Å². The quantitative estimate of drug-likeness (QED) is 0.683. The molecule has 2 rings (SSSR count). The second-order valence-electron chi connectivity index (χ2n) is 6.00. The number of aromatic amines is 1. The first-order chi connectivity index (χ1) is 11.3. The molecule has 0 amide bonds. The summed E-state index contributed by atoms with van der Waals surface area (Å²) in [6, 6.07) is 8.21. The maximum absolute atomic E-state index is 12.5. The van der Waals surface area contributed by atoms with E-state index in [1.54, 1.807) is 0 Å². The number of H-pyrrole nitrogens is 1. The Balaban J connectivity index is 2.11. The van der Waals surface area contributed by atoms with Gasteiger partial charge in [0, 0.05) is 21.8 Å². The van der Waals surface area contributed by atoms with Crippen molar-refractivity contribution in [2.24, 2.45) is 0 Å². The first-order valence-corrected chi connectivity index (χ1v) is 8.86. The molecule has 0 aliphatic carbocycles. The Morgan fingerprint density at radius 1 is 1.21 bits per heavy atom. The van der Waals surface area contributed by atoms with Gasteiger partial charge in [-0.25, -0.2) is 0 Å². The van der Waals surface area contributed by atoms with E-state index in [2.05, 4.69) is 33.2 Å². The fraction of sp³-hybridized carbons (Fsp3) is 0.368. The Labute approximate surface area is 151 Å². The average molecular weight is 391 g/mol. The molecular formula is C19H23BrN2O2. The van der Waals surface area contributed by atoms with Crippen molar-refractivity contribution in [1.82, 2.24) is 10.3 Å². The molecule has 0 fully saturated rings. The first-order valence-electron chi connectivity index (χ1n) is 8.07.